The Balaban J connectivity index is 2.12. The molecule has 0 aliphatic heterocycles. The van der Waals surface area contributed by atoms with Crippen LogP contribution >= 0.6 is 11.6 Å². The quantitative estimate of drug-likeness (QED) is 0.843. The Morgan fingerprint density at radius 1 is 1.25 bits per heavy atom. The first-order valence-corrected chi connectivity index (χ1v) is 6.77. The maximum Gasteiger partial charge on any atom is 0.124 e. The number of aliphatic imine (C=N–C) groups is 1. The molecule has 20 heavy (non-hydrogen) atoms. The first-order chi connectivity index (χ1) is 9.70. The number of nitrogens with zero attached hydrogens (tertiary/aromatic N) is 1. The van der Waals surface area contributed by atoms with E-state index in [2.05, 4.69) is 4.99 Å². The summed E-state index contributed by atoms with van der Waals surface area (Å²) < 4.78 is 5.54. The van der Waals surface area contributed by atoms with Crippen LogP contribution in [0.2, 0.25) is 5.02 Å². The average molecular weight is 290 g/mol. The highest BCUT2D eigenvalue weighted by Gasteiger charge is 2.02. The van der Waals surface area contributed by atoms with Crippen LogP contribution < -0.4 is 4.74 Å². The molecule has 0 aliphatic carbocycles. The Morgan fingerprint density at radius 3 is 2.85 bits per heavy atom. The lowest BCUT2D eigenvalue weighted by molar-refractivity contribution is 0.336. The second-order valence-electron chi connectivity index (χ2n) is 4.21. The maximum absolute atomic E-state index is 9.70. The number of rotatable bonds is 5. The van der Waals surface area contributed by atoms with Crippen molar-refractivity contribution in [1.82, 2.24) is 0 Å². The zero-order valence-corrected chi connectivity index (χ0v) is 12.0. The molecule has 2 rings (SSSR count). The maximum atomic E-state index is 9.70. The summed E-state index contributed by atoms with van der Waals surface area (Å²) in [5.74, 6) is 0.999. The van der Waals surface area contributed by atoms with E-state index in [0.717, 1.165) is 11.3 Å². The van der Waals surface area contributed by atoms with Gasteiger partial charge in [0, 0.05) is 22.4 Å². The van der Waals surface area contributed by atoms with Gasteiger partial charge < -0.3 is 9.84 Å². The molecule has 2 aromatic carbocycles. The highest BCUT2D eigenvalue weighted by Crippen LogP contribution is 2.21. The third-order valence-electron chi connectivity index (χ3n) is 2.75. The Morgan fingerprint density at radius 2 is 2.05 bits per heavy atom. The molecule has 0 saturated carbocycles. The summed E-state index contributed by atoms with van der Waals surface area (Å²) in [4.78, 5) is 4.33. The van der Waals surface area contributed by atoms with E-state index in [0.29, 0.717) is 23.7 Å². The molecule has 0 fully saturated rings. The summed E-state index contributed by atoms with van der Waals surface area (Å²) in [6.45, 7) is 3.06. The van der Waals surface area contributed by atoms with Crippen LogP contribution in [0.15, 0.2) is 47.5 Å². The summed E-state index contributed by atoms with van der Waals surface area (Å²) in [6.07, 6.45) is 1.62. The van der Waals surface area contributed by atoms with E-state index < -0.39 is 0 Å². The van der Waals surface area contributed by atoms with Gasteiger partial charge in [0.15, 0.2) is 0 Å². The Hall–Kier alpha value is -2.00. The van der Waals surface area contributed by atoms with Gasteiger partial charge in [-0.25, -0.2) is 0 Å². The van der Waals surface area contributed by atoms with Gasteiger partial charge in [0.2, 0.25) is 0 Å². The molecule has 0 aliphatic rings. The molecule has 0 spiro atoms. The molecule has 4 heteroatoms. The van der Waals surface area contributed by atoms with Gasteiger partial charge in [-0.3, -0.25) is 4.99 Å². The number of benzene rings is 2. The fourth-order valence-corrected chi connectivity index (χ4v) is 1.98. The predicted octanol–water partition coefficient (Wildman–Crippen LogP) is 4.06. The van der Waals surface area contributed by atoms with E-state index in [1.165, 1.54) is 0 Å². The van der Waals surface area contributed by atoms with Gasteiger partial charge in [-0.2, -0.15) is 0 Å². The zero-order valence-electron chi connectivity index (χ0n) is 11.2. The molecule has 104 valence electrons. The Bertz CT molecular complexity index is 611. The SMILES string of the molecule is CCOc1ccccc1CN=Cc1cc(Cl)ccc1O. The fraction of sp³-hybridized carbons (Fsp3) is 0.188. The Kier molecular flexibility index (Phi) is 5.02. The number of phenolic OH excluding ortho intramolecular Hbond substituents is 1. The molecule has 0 amide bonds. The van der Waals surface area contributed by atoms with Crippen molar-refractivity contribution in [2.24, 2.45) is 4.99 Å². The molecule has 3 nitrogen and oxygen atoms in total. The molecule has 1 N–H and O–H groups in total. The molecule has 0 atom stereocenters. The minimum absolute atomic E-state index is 0.163. The van der Waals surface area contributed by atoms with Crippen molar-refractivity contribution >= 4 is 17.8 Å². The van der Waals surface area contributed by atoms with Gasteiger partial charge in [0.1, 0.15) is 11.5 Å². The fourth-order valence-electron chi connectivity index (χ4n) is 1.80. The molecule has 0 radical (unpaired) electrons. The van der Waals surface area contributed by atoms with Gasteiger partial charge in [-0.05, 0) is 31.2 Å². The Labute approximate surface area is 123 Å². The van der Waals surface area contributed by atoms with E-state index in [9.17, 15) is 5.11 Å². The topological polar surface area (TPSA) is 41.8 Å². The third kappa shape index (κ3) is 3.75. The molecule has 0 bridgehead atoms. The molecule has 0 saturated heterocycles. The molecule has 2 aromatic rings. The lowest BCUT2D eigenvalue weighted by atomic mass is 10.2. The van der Waals surface area contributed by atoms with Gasteiger partial charge in [-0.15, -0.1) is 0 Å². The van der Waals surface area contributed by atoms with Gasteiger partial charge in [-0.1, -0.05) is 29.8 Å². The van der Waals surface area contributed by atoms with Crippen molar-refractivity contribution in [3.8, 4) is 11.5 Å². The average Bonchev–Trinajstić information content (AvgIpc) is 2.45. The van der Waals surface area contributed by atoms with Crippen LogP contribution in [0.1, 0.15) is 18.1 Å². The van der Waals surface area contributed by atoms with Gasteiger partial charge >= 0.3 is 0 Å². The summed E-state index contributed by atoms with van der Waals surface area (Å²) in [6, 6.07) is 12.6. The number of aromatic hydroxyl groups is 1. The largest absolute Gasteiger partial charge is 0.507 e. The van der Waals surface area contributed by atoms with Gasteiger partial charge in [0.25, 0.3) is 0 Å². The van der Waals surface area contributed by atoms with Crippen molar-refractivity contribution in [3.05, 3.63) is 58.6 Å². The van der Waals surface area contributed by atoms with Crippen molar-refractivity contribution in [2.75, 3.05) is 6.61 Å². The summed E-state index contributed by atoms with van der Waals surface area (Å²) >= 11 is 5.89. The van der Waals surface area contributed by atoms with Crippen LogP contribution in [0.25, 0.3) is 0 Å². The van der Waals surface area contributed by atoms with Crippen molar-refractivity contribution < 1.29 is 9.84 Å². The summed E-state index contributed by atoms with van der Waals surface area (Å²) in [7, 11) is 0. The first-order valence-electron chi connectivity index (χ1n) is 6.39. The second-order valence-corrected chi connectivity index (χ2v) is 4.65. The molecular formula is C16H16ClNO2. The van der Waals surface area contributed by atoms with Crippen LogP contribution in [0, 0.1) is 0 Å². The number of hydrogen-bond donors (Lipinski definition) is 1. The molecule has 0 heterocycles. The normalized spacial score (nSPS) is 10.9. The van der Waals surface area contributed by atoms with Crippen LogP contribution in [-0.4, -0.2) is 17.9 Å². The van der Waals surface area contributed by atoms with E-state index in [4.69, 9.17) is 16.3 Å². The minimum atomic E-state index is 0.163. The molecule has 0 aromatic heterocycles. The van der Waals surface area contributed by atoms with E-state index in [1.807, 2.05) is 31.2 Å². The number of ether oxygens (including phenoxy) is 1. The van der Waals surface area contributed by atoms with Crippen molar-refractivity contribution in [1.29, 1.82) is 0 Å². The smallest absolute Gasteiger partial charge is 0.124 e. The minimum Gasteiger partial charge on any atom is -0.507 e. The van der Waals surface area contributed by atoms with Crippen molar-refractivity contribution in [3.63, 3.8) is 0 Å². The second kappa shape index (κ2) is 6.96. The monoisotopic (exact) mass is 289 g/mol. The number of hydrogen-bond acceptors (Lipinski definition) is 3. The zero-order chi connectivity index (χ0) is 14.4. The van der Waals surface area contributed by atoms with E-state index >= 15 is 0 Å². The first kappa shape index (κ1) is 14.4. The standard InChI is InChI=1S/C16H16ClNO2/c1-2-20-16-6-4-3-5-12(16)10-18-11-13-9-14(17)7-8-15(13)19/h3-9,11,19H,2,10H2,1H3. The lowest BCUT2D eigenvalue weighted by Gasteiger charge is -2.07. The van der Waals surface area contributed by atoms with Crippen LogP contribution in [-0.2, 0) is 6.54 Å². The van der Waals surface area contributed by atoms with E-state index in [1.54, 1.807) is 24.4 Å². The summed E-state index contributed by atoms with van der Waals surface area (Å²) in [5.41, 5.74) is 1.61. The number of halogens is 1. The number of para-hydroxylation sites is 1. The third-order valence-corrected chi connectivity index (χ3v) is 2.99. The van der Waals surface area contributed by atoms with E-state index in [-0.39, 0.29) is 5.75 Å². The predicted molar refractivity (Wildman–Crippen MR) is 82.0 cm³/mol. The summed E-state index contributed by atoms with van der Waals surface area (Å²) in [5, 5.41) is 10.3. The highest BCUT2D eigenvalue weighted by molar-refractivity contribution is 6.30. The van der Waals surface area contributed by atoms with Gasteiger partial charge in [0.05, 0.1) is 13.2 Å². The van der Waals surface area contributed by atoms with Crippen LogP contribution in [0.5, 0.6) is 11.5 Å². The van der Waals surface area contributed by atoms with Crippen LogP contribution in [0.4, 0.5) is 0 Å². The van der Waals surface area contributed by atoms with Crippen molar-refractivity contribution in [2.45, 2.75) is 13.5 Å². The number of phenols is 1. The highest BCUT2D eigenvalue weighted by atomic mass is 35.5. The molecular weight excluding hydrogens is 274 g/mol. The van der Waals surface area contributed by atoms with Crippen LogP contribution in [0.3, 0.4) is 0 Å². The molecule has 0 unspecified atom stereocenters. The lowest BCUT2D eigenvalue weighted by Crippen LogP contribution is -1.96.